The van der Waals surface area contributed by atoms with Gasteiger partial charge in [-0.2, -0.15) is 0 Å². The second-order valence-electron chi connectivity index (χ2n) is 4.08. The van der Waals surface area contributed by atoms with Gasteiger partial charge in [0, 0.05) is 0 Å². The van der Waals surface area contributed by atoms with Crippen molar-refractivity contribution in [3.05, 3.63) is 12.2 Å². The van der Waals surface area contributed by atoms with E-state index in [9.17, 15) is 4.79 Å². The maximum Gasteiger partial charge on any atom is 0.312 e. The van der Waals surface area contributed by atoms with Crippen molar-refractivity contribution in [2.24, 2.45) is 0 Å². The molecule has 0 saturated heterocycles. The van der Waals surface area contributed by atoms with Gasteiger partial charge in [0.2, 0.25) is 0 Å². The van der Waals surface area contributed by atoms with Crippen molar-refractivity contribution in [3.8, 4) is 0 Å². The minimum Gasteiger partial charge on any atom is -0.460 e. The fraction of sp³-hybridized carbons (Fsp3) is 0.700. The second-order valence-corrected chi connectivity index (χ2v) is 4.08. The van der Waals surface area contributed by atoms with E-state index in [-0.39, 0.29) is 12.0 Å². The third kappa shape index (κ3) is 7.53. The van der Waals surface area contributed by atoms with E-state index in [0.717, 1.165) is 0 Å². The lowest BCUT2D eigenvalue weighted by Crippen LogP contribution is -2.60. The van der Waals surface area contributed by atoms with Crippen LogP contribution in [0.3, 0.4) is 0 Å². The summed E-state index contributed by atoms with van der Waals surface area (Å²) in [5, 5.41) is 0. The molecule has 13 heavy (non-hydrogen) atoms. The van der Waals surface area contributed by atoms with Gasteiger partial charge in [-0.1, -0.05) is 6.08 Å². The van der Waals surface area contributed by atoms with Gasteiger partial charge in [0.1, 0.15) is 18.1 Å². The Balaban J connectivity index is 3.88. The summed E-state index contributed by atoms with van der Waals surface area (Å²) in [7, 11) is 0. The highest BCUT2D eigenvalue weighted by atomic mass is 16.6. The summed E-state index contributed by atoms with van der Waals surface area (Å²) in [4.78, 5) is 11.2. The highest BCUT2D eigenvalue weighted by Gasteiger charge is 2.18. The zero-order valence-electron chi connectivity index (χ0n) is 8.96. The number of quaternary nitrogens is 1. The van der Waals surface area contributed by atoms with Gasteiger partial charge in [0.05, 0.1) is 0 Å². The van der Waals surface area contributed by atoms with Crippen LogP contribution < -0.4 is 5.73 Å². The van der Waals surface area contributed by atoms with Crippen LogP contribution in [0, 0.1) is 0 Å². The standard InChI is InChI=1S/C10H19NO2/c1-5-6-8(11)7-9(12)13-10(2,3)4/h5-6,8H,7,11H2,1-4H3/p+1/b6-5+/t8-/m0/s1. The Morgan fingerprint density at radius 1 is 1.54 bits per heavy atom. The first-order valence-electron chi connectivity index (χ1n) is 4.53. The molecule has 0 rings (SSSR count). The lowest BCUT2D eigenvalue weighted by atomic mass is 10.1. The van der Waals surface area contributed by atoms with Gasteiger partial charge in [0.25, 0.3) is 0 Å². The molecule has 0 radical (unpaired) electrons. The molecule has 0 unspecified atom stereocenters. The molecule has 3 heteroatoms. The normalized spacial score (nSPS) is 14.5. The summed E-state index contributed by atoms with van der Waals surface area (Å²) >= 11 is 0. The number of hydrogen-bond acceptors (Lipinski definition) is 2. The molecular weight excluding hydrogens is 166 g/mol. The number of allylic oxidation sites excluding steroid dienone is 1. The molecule has 0 saturated carbocycles. The number of carbonyl (C=O) groups excluding carboxylic acids is 1. The molecular formula is C10H20NO2+. The first kappa shape index (κ1) is 12.2. The van der Waals surface area contributed by atoms with Crippen molar-refractivity contribution < 1.29 is 15.3 Å². The third-order valence-electron chi connectivity index (χ3n) is 1.31. The average molecular weight is 186 g/mol. The van der Waals surface area contributed by atoms with Crippen LogP contribution in [0.25, 0.3) is 0 Å². The molecule has 1 atom stereocenters. The summed E-state index contributed by atoms with van der Waals surface area (Å²) in [5.74, 6) is -0.189. The Kier molecular flexibility index (Phi) is 4.70. The average Bonchev–Trinajstić information content (AvgIpc) is 1.81. The van der Waals surface area contributed by atoms with Crippen LogP contribution in [0.4, 0.5) is 0 Å². The molecule has 0 aliphatic carbocycles. The van der Waals surface area contributed by atoms with E-state index in [4.69, 9.17) is 4.74 Å². The monoisotopic (exact) mass is 186 g/mol. The highest BCUT2D eigenvalue weighted by Crippen LogP contribution is 2.08. The first-order valence-corrected chi connectivity index (χ1v) is 4.53. The summed E-state index contributed by atoms with van der Waals surface area (Å²) < 4.78 is 5.14. The van der Waals surface area contributed by atoms with Crippen molar-refractivity contribution in [1.29, 1.82) is 0 Å². The van der Waals surface area contributed by atoms with E-state index in [1.54, 1.807) is 0 Å². The number of esters is 1. The van der Waals surface area contributed by atoms with Crippen LogP contribution >= 0.6 is 0 Å². The van der Waals surface area contributed by atoms with Crippen molar-refractivity contribution >= 4 is 5.97 Å². The van der Waals surface area contributed by atoms with Gasteiger partial charge in [-0.25, -0.2) is 0 Å². The van der Waals surface area contributed by atoms with Gasteiger partial charge in [-0.3, -0.25) is 4.79 Å². The van der Waals surface area contributed by atoms with Crippen LogP contribution in [0.15, 0.2) is 12.2 Å². The van der Waals surface area contributed by atoms with Crippen molar-refractivity contribution in [3.63, 3.8) is 0 Å². The van der Waals surface area contributed by atoms with Crippen LogP contribution in [-0.2, 0) is 9.53 Å². The largest absolute Gasteiger partial charge is 0.460 e. The van der Waals surface area contributed by atoms with E-state index in [2.05, 4.69) is 5.73 Å². The van der Waals surface area contributed by atoms with Crippen molar-refractivity contribution in [2.75, 3.05) is 0 Å². The van der Waals surface area contributed by atoms with Gasteiger partial charge < -0.3 is 10.5 Å². The van der Waals surface area contributed by atoms with Crippen LogP contribution in [-0.4, -0.2) is 17.6 Å². The SMILES string of the molecule is C/C=C/[C@H]([NH3+])CC(=O)OC(C)(C)C. The topological polar surface area (TPSA) is 53.9 Å². The number of rotatable bonds is 3. The Morgan fingerprint density at radius 2 is 2.08 bits per heavy atom. The summed E-state index contributed by atoms with van der Waals surface area (Å²) in [5.41, 5.74) is 3.41. The van der Waals surface area contributed by atoms with E-state index in [0.29, 0.717) is 6.42 Å². The van der Waals surface area contributed by atoms with Crippen LogP contribution in [0.2, 0.25) is 0 Å². The molecule has 3 N–H and O–H groups in total. The van der Waals surface area contributed by atoms with E-state index in [1.165, 1.54) is 0 Å². The molecule has 0 aromatic heterocycles. The lowest BCUT2D eigenvalue weighted by Gasteiger charge is -2.19. The number of hydrogen-bond donors (Lipinski definition) is 1. The maximum atomic E-state index is 11.2. The van der Waals surface area contributed by atoms with Gasteiger partial charge in [-0.05, 0) is 33.8 Å². The van der Waals surface area contributed by atoms with Gasteiger partial charge >= 0.3 is 5.97 Å². The van der Waals surface area contributed by atoms with Crippen LogP contribution in [0.5, 0.6) is 0 Å². The Hall–Kier alpha value is -0.830. The number of carbonyl (C=O) groups is 1. The van der Waals surface area contributed by atoms with E-state index < -0.39 is 5.60 Å². The lowest BCUT2D eigenvalue weighted by molar-refractivity contribution is -0.402. The highest BCUT2D eigenvalue weighted by molar-refractivity contribution is 5.70. The fourth-order valence-corrected chi connectivity index (χ4v) is 0.937. The number of ether oxygens (including phenoxy) is 1. The molecule has 0 aromatic rings. The Labute approximate surface area is 79.9 Å². The second kappa shape index (κ2) is 5.02. The molecule has 0 aliphatic rings. The zero-order chi connectivity index (χ0) is 10.5. The zero-order valence-corrected chi connectivity index (χ0v) is 8.96. The smallest absolute Gasteiger partial charge is 0.312 e. The minimum absolute atomic E-state index is 0.0137. The van der Waals surface area contributed by atoms with Crippen LogP contribution in [0.1, 0.15) is 34.1 Å². The predicted molar refractivity (Wildman–Crippen MR) is 52.0 cm³/mol. The Bertz CT molecular complexity index is 192. The molecule has 0 aromatic carbocycles. The molecule has 0 spiro atoms. The van der Waals surface area contributed by atoms with E-state index >= 15 is 0 Å². The molecule has 0 amide bonds. The van der Waals surface area contributed by atoms with Gasteiger partial charge in [-0.15, -0.1) is 0 Å². The van der Waals surface area contributed by atoms with E-state index in [1.807, 2.05) is 39.8 Å². The van der Waals surface area contributed by atoms with Crippen molar-refractivity contribution in [1.82, 2.24) is 0 Å². The minimum atomic E-state index is -0.396. The Morgan fingerprint density at radius 3 is 2.46 bits per heavy atom. The first-order chi connectivity index (χ1) is 5.85. The molecule has 0 fully saturated rings. The van der Waals surface area contributed by atoms with Crippen molar-refractivity contribution in [2.45, 2.75) is 45.8 Å². The molecule has 76 valence electrons. The summed E-state index contributed by atoms with van der Waals surface area (Å²) in [6.07, 6.45) is 4.13. The quantitative estimate of drug-likeness (QED) is 0.526. The predicted octanol–water partition coefficient (Wildman–Crippen LogP) is 0.905. The molecule has 0 aliphatic heterocycles. The summed E-state index contributed by atoms with van der Waals surface area (Å²) in [6, 6.07) is 0.0137. The van der Waals surface area contributed by atoms with Gasteiger partial charge in [0.15, 0.2) is 0 Å². The summed E-state index contributed by atoms with van der Waals surface area (Å²) in [6.45, 7) is 7.49. The maximum absolute atomic E-state index is 11.2. The molecule has 3 nitrogen and oxygen atoms in total. The molecule has 0 heterocycles. The fourth-order valence-electron chi connectivity index (χ4n) is 0.937. The molecule has 0 bridgehead atoms. The third-order valence-corrected chi connectivity index (χ3v) is 1.31.